The number of alkyl halides is 3. The second-order valence-corrected chi connectivity index (χ2v) is 3.17. The fraction of sp³-hybridized carbons (Fsp3) is 0.222. The highest BCUT2D eigenvalue weighted by Gasteiger charge is 2.38. The molecule has 1 N–H and O–H groups in total. The smallest absolute Gasteiger partial charge is 0.326 e. The molecule has 0 aromatic heterocycles. The SMILES string of the molecule is CC(=O)Nc1ccc(C(F)(F)F)c([N+](=O)[O-])c1. The zero-order valence-corrected chi connectivity index (χ0v) is 8.54. The van der Waals surface area contributed by atoms with Crippen molar-refractivity contribution >= 4 is 17.3 Å². The molecule has 0 fully saturated rings. The van der Waals surface area contributed by atoms with Crippen molar-refractivity contribution in [3.63, 3.8) is 0 Å². The monoisotopic (exact) mass is 248 g/mol. The number of benzene rings is 1. The van der Waals surface area contributed by atoms with E-state index < -0.39 is 28.3 Å². The van der Waals surface area contributed by atoms with E-state index in [2.05, 4.69) is 5.32 Å². The highest BCUT2D eigenvalue weighted by molar-refractivity contribution is 5.89. The average molecular weight is 248 g/mol. The molecule has 5 nitrogen and oxygen atoms in total. The molecule has 17 heavy (non-hydrogen) atoms. The molecule has 1 aromatic rings. The number of hydrogen-bond donors (Lipinski definition) is 1. The summed E-state index contributed by atoms with van der Waals surface area (Å²) < 4.78 is 37.2. The molecule has 1 aromatic carbocycles. The second-order valence-electron chi connectivity index (χ2n) is 3.17. The van der Waals surface area contributed by atoms with Crippen LogP contribution in [0.15, 0.2) is 18.2 Å². The zero-order valence-electron chi connectivity index (χ0n) is 8.54. The zero-order chi connectivity index (χ0) is 13.2. The van der Waals surface area contributed by atoms with E-state index in [1.54, 1.807) is 0 Å². The van der Waals surface area contributed by atoms with E-state index in [1.807, 2.05) is 0 Å². The van der Waals surface area contributed by atoms with E-state index >= 15 is 0 Å². The Bertz CT molecular complexity index is 471. The van der Waals surface area contributed by atoms with Crippen LogP contribution in [0.4, 0.5) is 24.5 Å². The highest BCUT2D eigenvalue weighted by atomic mass is 19.4. The van der Waals surface area contributed by atoms with Gasteiger partial charge >= 0.3 is 6.18 Å². The van der Waals surface area contributed by atoms with Gasteiger partial charge in [0.1, 0.15) is 5.56 Å². The third kappa shape index (κ3) is 3.16. The molecule has 0 saturated carbocycles. The molecular weight excluding hydrogens is 241 g/mol. The van der Waals surface area contributed by atoms with Crippen molar-refractivity contribution in [3.05, 3.63) is 33.9 Å². The third-order valence-corrected chi connectivity index (χ3v) is 1.82. The van der Waals surface area contributed by atoms with Gasteiger partial charge in [0.05, 0.1) is 4.92 Å². The maximum absolute atomic E-state index is 12.4. The summed E-state index contributed by atoms with van der Waals surface area (Å²) in [6.45, 7) is 1.14. The number of nitrogens with one attached hydrogen (secondary N) is 1. The van der Waals surface area contributed by atoms with Gasteiger partial charge < -0.3 is 5.32 Å². The summed E-state index contributed by atoms with van der Waals surface area (Å²) >= 11 is 0. The number of nitro groups is 1. The molecule has 0 radical (unpaired) electrons. The number of amides is 1. The number of nitrogens with zero attached hydrogens (tertiary/aromatic N) is 1. The molecule has 0 aliphatic heterocycles. The van der Waals surface area contributed by atoms with E-state index in [0.29, 0.717) is 12.1 Å². The van der Waals surface area contributed by atoms with Gasteiger partial charge in [0.2, 0.25) is 5.91 Å². The Morgan fingerprint density at radius 2 is 2.00 bits per heavy atom. The van der Waals surface area contributed by atoms with Crippen molar-refractivity contribution in [2.75, 3.05) is 5.32 Å². The first kappa shape index (κ1) is 12.9. The number of hydrogen-bond acceptors (Lipinski definition) is 3. The topological polar surface area (TPSA) is 72.2 Å². The van der Waals surface area contributed by atoms with Crippen molar-refractivity contribution in [2.24, 2.45) is 0 Å². The van der Waals surface area contributed by atoms with Gasteiger partial charge in [0.25, 0.3) is 5.69 Å². The number of anilines is 1. The van der Waals surface area contributed by atoms with Gasteiger partial charge in [0.15, 0.2) is 0 Å². The van der Waals surface area contributed by atoms with Crippen LogP contribution < -0.4 is 5.32 Å². The van der Waals surface area contributed by atoms with Crippen LogP contribution in [0, 0.1) is 10.1 Å². The van der Waals surface area contributed by atoms with Gasteiger partial charge in [-0.25, -0.2) is 0 Å². The van der Waals surface area contributed by atoms with Crippen LogP contribution in [0.5, 0.6) is 0 Å². The molecular formula is C9H7F3N2O3. The van der Waals surface area contributed by atoms with Crippen LogP contribution in [0.2, 0.25) is 0 Å². The normalized spacial score (nSPS) is 11.1. The summed E-state index contributed by atoms with van der Waals surface area (Å²) in [4.78, 5) is 20.0. The van der Waals surface area contributed by atoms with Gasteiger partial charge in [-0.2, -0.15) is 13.2 Å². The van der Waals surface area contributed by atoms with Gasteiger partial charge in [0, 0.05) is 18.7 Å². The van der Waals surface area contributed by atoms with E-state index in [0.717, 1.165) is 13.0 Å². The largest absolute Gasteiger partial charge is 0.423 e. The molecule has 0 spiro atoms. The van der Waals surface area contributed by atoms with Crippen molar-refractivity contribution in [3.8, 4) is 0 Å². The molecule has 0 bridgehead atoms. The Morgan fingerprint density at radius 1 is 1.41 bits per heavy atom. The predicted molar refractivity (Wildman–Crippen MR) is 52.4 cm³/mol. The Balaban J connectivity index is 3.27. The lowest BCUT2D eigenvalue weighted by molar-refractivity contribution is -0.388. The van der Waals surface area contributed by atoms with E-state index in [4.69, 9.17) is 0 Å². The Labute approximate surface area is 93.4 Å². The number of nitro benzene ring substituents is 1. The standard InChI is InChI=1S/C9H7F3N2O3/c1-5(15)13-6-2-3-7(9(10,11)12)8(4-6)14(16)17/h2-4H,1H3,(H,13,15). The van der Waals surface area contributed by atoms with Crippen LogP contribution in [-0.2, 0) is 11.0 Å². The summed E-state index contributed by atoms with van der Waals surface area (Å²) in [5.74, 6) is -0.529. The van der Waals surface area contributed by atoms with Crippen LogP contribution in [-0.4, -0.2) is 10.8 Å². The van der Waals surface area contributed by atoms with Crippen LogP contribution in [0.1, 0.15) is 12.5 Å². The van der Waals surface area contributed by atoms with Gasteiger partial charge in [-0.05, 0) is 12.1 Å². The number of carbonyl (C=O) groups is 1. The van der Waals surface area contributed by atoms with Gasteiger partial charge in [-0.15, -0.1) is 0 Å². The lowest BCUT2D eigenvalue weighted by atomic mass is 10.1. The fourth-order valence-electron chi connectivity index (χ4n) is 1.20. The van der Waals surface area contributed by atoms with Crippen LogP contribution in [0.3, 0.4) is 0 Å². The molecule has 0 saturated heterocycles. The number of carbonyl (C=O) groups excluding carboxylic acids is 1. The van der Waals surface area contributed by atoms with Crippen molar-refractivity contribution in [1.29, 1.82) is 0 Å². The minimum absolute atomic E-state index is 0.0581. The number of rotatable bonds is 2. The van der Waals surface area contributed by atoms with Crippen LogP contribution >= 0.6 is 0 Å². The molecule has 0 heterocycles. The first-order valence-electron chi connectivity index (χ1n) is 4.35. The third-order valence-electron chi connectivity index (χ3n) is 1.82. The summed E-state index contributed by atoms with van der Waals surface area (Å²) in [5, 5.41) is 12.7. The highest BCUT2D eigenvalue weighted by Crippen LogP contribution is 2.37. The summed E-state index contributed by atoms with van der Waals surface area (Å²) in [6.07, 6.45) is -4.81. The van der Waals surface area contributed by atoms with Crippen LogP contribution in [0.25, 0.3) is 0 Å². The summed E-state index contributed by atoms with van der Waals surface area (Å²) in [7, 11) is 0. The molecule has 0 unspecified atom stereocenters. The van der Waals surface area contributed by atoms with Crippen molar-refractivity contribution < 1.29 is 22.9 Å². The summed E-state index contributed by atoms with van der Waals surface area (Å²) in [6, 6.07) is 2.19. The first-order valence-corrected chi connectivity index (χ1v) is 4.35. The minimum Gasteiger partial charge on any atom is -0.326 e. The average Bonchev–Trinajstić information content (AvgIpc) is 2.14. The Morgan fingerprint density at radius 3 is 2.41 bits per heavy atom. The van der Waals surface area contributed by atoms with E-state index in [1.165, 1.54) is 0 Å². The summed E-state index contributed by atoms with van der Waals surface area (Å²) in [5.41, 5.74) is -2.50. The lowest BCUT2D eigenvalue weighted by Gasteiger charge is -2.08. The maximum Gasteiger partial charge on any atom is 0.423 e. The fourth-order valence-corrected chi connectivity index (χ4v) is 1.20. The first-order chi connectivity index (χ1) is 7.71. The maximum atomic E-state index is 12.4. The molecule has 8 heteroatoms. The van der Waals surface area contributed by atoms with Crippen molar-refractivity contribution in [2.45, 2.75) is 13.1 Å². The Hall–Kier alpha value is -2.12. The van der Waals surface area contributed by atoms with Gasteiger partial charge in [-0.1, -0.05) is 0 Å². The lowest BCUT2D eigenvalue weighted by Crippen LogP contribution is -2.11. The second kappa shape index (κ2) is 4.40. The Kier molecular flexibility index (Phi) is 3.35. The molecule has 1 rings (SSSR count). The quantitative estimate of drug-likeness (QED) is 0.645. The molecule has 1 amide bonds. The number of halogens is 3. The van der Waals surface area contributed by atoms with E-state index in [9.17, 15) is 28.1 Å². The molecule has 0 aliphatic rings. The molecule has 92 valence electrons. The predicted octanol–water partition coefficient (Wildman–Crippen LogP) is 2.57. The van der Waals surface area contributed by atoms with E-state index in [-0.39, 0.29) is 5.69 Å². The molecule has 0 aliphatic carbocycles. The minimum atomic E-state index is -4.81. The molecule has 0 atom stereocenters. The van der Waals surface area contributed by atoms with Crippen molar-refractivity contribution in [1.82, 2.24) is 0 Å². The van der Waals surface area contributed by atoms with Gasteiger partial charge in [-0.3, -0.25) is 14.9 Å².